The summed E-state index contributed by atoms with van der Waals surface area (Å²) in [6.45, 7) is 0. The van der Waals surface area contributed by atoms with Gasteiger partial charge in [-0.2, -0.15) is 0 Å². The van der Waals surface area contributed by atoms with Crippen molar-refractivity contribution in [1.82, 2.24) is 0 Å². The Balaban J connectivity index is 2.42. The van der Waals surface area contributed by atoms with E-state index in [-0.39, 0.29) is 5.38 Å². The van der Waals surface area contributed by atoms with Crippen molar-refractivity contribution in [3.05, 3.63) is 35.4 Å². The Bertz CT molecular complexity index is 285. The summed E-state index contributed by atoms with van der Waals surface area (Å²) in [4.78, 5) is 0. The van der Waals surface area contributed by atoms with E-state index >= 15 is 0 Å². The number of alkyl halides is 2. The van der Waals surface area contributed by atoms with Gasteiger partial charge < -0.3 is 0 Å². The van der Waals surface area contributed by atoms with E-state index in [9.17, 15) is 4.39 Å². The van der Waals surface area contributed by atoms with Gasteiger partial charge in [0.2, 0.25) is 0 Å². The molecule has 2 heteroatoms. The van der Waals surface area contributed by atoms with Crippen molar-refractivity contribution in [3.63, 3.8) is 0 Å². The summed E-state index contributed by atoms with van der Waals surface area (Å²) in [5.74, 6) is 0. The Labute approximate surface area is 76.4 Å². The van der Waals surface area contributed by atoms with E-state index < -0.39 is 6.17 Å². The standard InChI is InChI=1S/C10H10ClF/c11-9-6-5-7-3-1-2-4-8(7)10(9)12/h1-4,9-10H,5-6H2/t9-,10-/m0/s1. The zero-order valence-electron chi connectivity index (χ0n) is 6.63. The van der Waals surface area contributed by atoms with E-state index in [2.05, 4.69) is 0 Å². The van der Waals surface area contributed by atoms with Crippen molar-refractivity contribution < 1.29 is 4.39 Å². The minimum absolute atomic E-state index is 0.333. The molecule has 2 atom stereocenters. The van der Waals surface area contributed by atoms with Gasteiger partial charge in [0.05, 0.1) is 5.38 Å². The molecule has 1 aromatic carbocycles. The van der Waals surface area contributed by atoms with Crippen LogP contribution in [0.1, 0.15) is 23.7 Å². The zero-order chi connectivity index (χ0) is 8.55. The molecular weight excluding hydrogens is 175 g/mol. The highest BCUT2D eigenvalue weighted by Gasteiger charge is 2.26. The molecule has 0 aliphatic heterocycles. The maximum absolute atomic E-state index is 13.4. The van der Waals surface area contributed by atoms with Crippen molar-refractivity contribution in [2.45, 2.75) is 24.4 Å². The quantitative estimate of drug-likeness (QED) is 0.543. The molecule has 0 saturated heterocycles. The van der Waals surface area contributed by atoms with E-state index in [1.54, 1.807) is 0 Å². The van der Waals surface area contributed by atoms with Crippen LogP contribution < -0.4 is 0 Å². The molecule has 1 aromatic rings. The molecule has 64 valence electrons. The van der Waals surface area contributed by atoms with Gasteiger partial charge in [0.15, 0.2) is 0 Å². The van der Waals surface area contributed by atoms with Crippen LogP contribution in [0, 0.1) is 0 Å². The van der Waals surface area contributed by atoms with Crippen LogP contribution in [-0.4, -0.2) is 5.38 Å². The highest BCUT2D eigenvalue weighted by molar-refractivity contribution is 6.21. The predicted octanol–water partition coefficient (Wildman–Crippen LogP) is 3.25. The highest BCUT2D eigenvalue weighted by Crippen LogP contribution is 2.35. The Morgan fingerprint density at radius 2 is 2.08 bits per heavy atom. The van der Waals surface area contributed by atoms with Gasteiger partial charge in [-0.1, -0.05) is 24.3 Å². The molecule has 0 aromatic heterocycles. The third kappa shape index (κ3) is 1.22. The van der Waals surface area contributed by atoms with Crippen molar-refractivity contribution in [3.8, 4) is 0 Å². The van der Waals surface area contributed by atoms with Crippen LogP contribution in [0.2, 0.25) is 0 Å². The van der Waals surface area contributed by atoms with Crippen molar-refractivity contribution >= 4 is 11.6 Å². The van der Waals surface area contributed by atoms with Crippen LogP contribution in [0.25, 0.3) is 0 Å². The van der Waals surface area contributed by atoms with E-state index in [0.29, 0.717) is 0 Å². The molecule has 0 unspecified atom stereocenters. The summed E-state index contributed by atoms with van der Waals surface area (Å²) < 4.78 is 13.4. The van der Waals surface area contributed by atoms with Gasteiger partial charge in [-0.25, -0.2) is 4.39 Å². The Hall–Kier alpha value is -0.560. The lowest BCUT2D eigenvalue weighted by atomic mass is 9.90. The summed E-state index contributed by atoms with van der Waals surface area (Å²) in [5.41, 5.74) is 1.89. The molecule has 0 radical (unpaired) electrons. The summed E-state index contributed by atoms with van der Waals surface area (Å²) in [6, 6.07) is 7.61. The third-order valence-corrected chi connectivity index (χ3v) is 2.80. The molecule has 0 amide bonds. The first-order chi connectivity index (χ1) is 5.79. The van der Waals surface area contributed by atoms with Gasteiger partial charge in [-0.05, 0) is 24.0 Å². The number of benzene rings is 1. The minimum Gasteiger partial charge on any atom is -0.241 e. The zero-order valence-corrected chi connectivity index (χ0v) is 7.39. The fourth-order valence-corrected chi connectivity index (χ4v) is 1.91. The van der Waals surface area contributed by atoms with Crippen LogP contribution in [0.3, 0.4) is 0 Å². The largest absolute Gasteiger partial charge is 0.241 e. The monoisotopic (exact) mass is 184 g/mol. The van der Waals surface area contributed by atoms with E-state index in [1.165, 1.54) is 0 Å². The van der Waals surface area contributed by atoms with E-state index in [4.69, 9.17) is 11.6 Å². The second kappa shape index (κ2) is 3.06. The summed E-state index contributed by atoms with van der Waals surface area (Å²) in [7, 11) is 0. The van der Waals surface area contributed by atoms with E-state index in [1.807, 2.05) is 24.3 Å². The highest BCUT2D eigenvalue weighted by atomic mass is 35.5. The third-order valence-electron chi connectivity index (χ3n) is 2.36. The van der Waals surface area contributed by atoms with Crippen molar-refractivity contribution in [2.24, 2.45) is 0 Å². The minimum atomic E-state index is -0.975. The van der Waals surface area contributed by atoms with Crippen LogP contribution >= 0.6 is 11.6 Å². The van der Waals surface area contributed by atoms with Crippen LogP contribution in [0.5, 0.6) is 0 Å². The molecular formula is C10H10ClF. The number of fused-ring (bicyclic) bond motifs is 1. The molecule has 0 fully saturated rings. The second-order valence-corrected chi connectivity index (χ2v) is 3.72. The molecule has 0 spiro atoms. The molecule has 12 heavy (non-hydrogen) atoms. The number of aryl methyl sites for hydroxylation is 1. The SMILES string of the molecule is F[C@H]1c2ccccc2CC[C@@H]1Cl. The van der Waals surface area contributed by atoms with Gasteiger partial charge in [-0.3, -0.25) is 0 Å². The number of hydrogen-bond acceptors (Lipinski definition) is 0. The van der Waals surface area contributed by atoms with Gasteiger partial charge in [0.25, 0.3) is 0 Å². The number of hydrogen-bond donors (Lipinski definition) is 0. The lowest BCUT2D eigenvalue weighted by Crippen LogP contribution is -2.17. The van der Waals surface area contributed by atoms with Gasteiger partial charge >= 0.3 is 0 Å². The summed E-state index contributed by atoms with van der Waals surface area (Å²) in [5, 5.41) is -0.333. The fraction of sp³-hybridized carbons (Fsp3) is 0.400. The lowest BCUT2D eigenvalue weighted by Gasteiger charge is -2.23. The second-order valence-electron chi connectivity index (χ2n) is 3.16. The molecule has 1 aliphatic carbocycles. The Morgan fingerprint density at radius 3 is 2.92 bits per heavy atom. The average molecular weight is 185 g/mol. The summed E-state index contributed by atoms with van der Waals surface area (Å²) in [6.07, 6.45) is 0.682. The van der Waals surface area contributed by atoms with Gasteiger partial charge in [-0.15, -0.1) is 11.6 Å². The Kier molecular flexibility index (Phi) is 2.05. The fourth-order valence-electron chi connectivity index (χ4n) is 1.67. The van der Waals surface area contributed by atoms with Crippen molar-refractivity contribution in [2.75, 3.05) is 0 Å². The molecule has 0 nitrogen and oxygen atoms in total. The van der Waals surface area contributed by atoms with E-state index in [0.717, 1.165) is 24.0 Å². The molecule has 1 aliphatic rings. The first-order valence-electron chi connectivity index (χ1n) is 4.15. The molecule has 0 N–H and O–H groups in total. The van der Waals surface area contributed by atoms with Crippen LogP contribution in [0.15, 0.2) is 24.3 Å². The molecule has 0 saturated carbocycles. The van der Waals surface area contributed by atoms with Crippen LogP contribution in [-0.2, 0) is 6.42 Å². The average Bonchev–Trinajstić information content (AvgIpc) is 2.12. The first kappa shape index (κ1) is 8.06. The Morgan fingerprint density at radius 1 is 1.33 bits per heavy atom. The number of rotatable bonds is 0. The smallest absolute Gasteiger partial charge is 0.142 e. The lowest BCUT2D eigenvalue weighted by molar-refractivity contribution is 0.308. The van der Waals surface area contributed by atoms with Crippen LogP contribution in [0.4, 0.5) is 4.39 Å². The van der Waals surface area contributed by atoms with Gasteiger partial charge in [0, 0.05) is 0 Å². The normalized spacial score (nSPS) is 28.2. The molecule has 0 heterocycles. The van der Waals surface area contributed by atoms with Crippen molar-refractivity contribution in [1.29, 1.82) is 0 Å². The molecule has 0 bridgehead atoms. The first-order valence-corrected chi connectivity index (χ1v) is 4.58. The molecule has 2 rings (SSSR count). The summed E-state index contributed by atoms with van der Waals surface area (Å²) >= 11 is 5.82. The topological polar surface area (TPSA) is 0 Å². The maximum Gasteiger partial charge on any atom is 0.142 e. The predicted molar refractivity (Wildman–Crippen MR) is 48.3 cm³/mol. The van der Waals surface area contributed by atoms with Gasteiger partial charge in [0.1, 0.15) is 6.17 Å². The maximum atomic E-state index is 13.4. The number of halogens is 2.